The molecule has 0 aromatic heterocycles. The van der Waals surface area contributed by atoms with Crippen LogP contribution in [0, 0.1) is 0 Å². The Hall–Kier alpha value is -1.26. The molecule has 0 bridgehead atoms. The van der Waals surface area contributed by atoms with Crippen molar-refractivity contribution in [1.82, 2.24) is 10.2 Å². The first-order valence-corrected chi connectivity index (χ1v) is 6.88. The Morgan fingerprint density at radius 3 is 2.79 bits per heavy atom. The summed E-state index contributed by atoms with van der Waals surface area (Å²) in [5, 5.41) is 3.52. The van der Waals surface area contributed by atoms with Crippen LogP contribution in [0.15, 0.2) is 24.3 Å². The maximum Gasteiger partial charge on any atom is 0.258 e. The number of rotatable bonds is 4. The standard InChI is InChI=1S/C14H19ClN2O2/c1-17-8-6-11(7-9-17)16-14(18)10-19-13-5-3-2-4-12(13)15/h2-5,11H,6-10H2,1H3,(H,16,18). The Kier molecular flexibility index (Phi) is 5.05. The van der Waals surface area contributed by atoms with Crippen molar-refractivity contribution in [3.8, 4) is 5.75 Å². The molecular formula is C14H19ClN2O2. The summed E-state index contributed by atoms with van der Waals surface area (Å²) in [6, 6.07) is 7.42. The third-order valence-corrected chi connectivity index (χ3v) is 3.59. The van der Waals surface area contributed by atoms with Gasteiger partial charge < -0.3 is 15.0 Å². The molecule has 1 N–H and O–H groups in total. The number of amides is 1. The lowest BCUT2D eigenvalue weighted by atomic mass is 10.1. The molecule has 0 radical (unpaired) electrons. The van der Waals surface area contributed by atoms with Gasteiger partial charge in [0, 0.05) is 6.04 Å². The summed E-state index contributed by atoms with van der Waals surface area (Å²) >= 11 is 5.95. The van der Waals surface area contributed by atoms with Crippen LogP contribution < -0.4 is 10.1 Å². The number of hydrogen-bond donors (Lipinski definition) is 1. The number of piperidine rings is 1. The Bertz CT molecular complexity index is 431. The highest BCUT2D eigenvalue weighted by molar-refractivity contribution is 6.32. The van der Waals surface area contributed by atoms with Crippen molar-refractivity contribution in [2.24, 2.45) is 0 Å². The maximum atomic E-state index is 11.8. The van der Waals surface area contributed by atoms with Gasteiger partial charge in [-0.25, -0.2) is 0 Å². The van der Waals surface area contributed by atoms with Gasteiger partial charge in [-0.1, -0.05) is 23.7 Å². The smallest absolute Gasteiger partial charge is 0.258 e. The normalized spacial score (nSPS) is 17.2. The van der Waals surface area contributed by atoms with Crippen LogP contribution in [0.1, 0.15) is 12.8 Å². The fourth-order valence-electron chi connectivity index (χ4n) is 2.13. The van der Waals surface area contributed by atoms with Gasteiger partial charge in [0.15, 0.2) is 6.61 Å². The van der Waals surface area contributed by atoms with E-state index < -0.39 is 0 Å². The number of carbonyl (C=O) groups is 1. The van der Waals surface area contributed by atoms with Crippen molar-refractivity contribution >= 4 is 17.5 Å². The Morgan fingerprint density at radius 2 is 2.11 bits per heavy atom. The lowest BCUT2D eigenvalue weighted by Crippen LogP contribution is -2.44. The van der Waals surface area contributed by atoms with E-state index in [0.717, 1.165) is 25.9 Å². The highest BCUT2D eigenvalue weighted by atomic mass is 35.5. The Labute approximate surface area is 118 Å². The van der Waals surface area contributed by atoms with Crippen LogP contribution in [-0.4, -0.2) is 43.6 Å². The molecule has 1 heterocycles. The van der Waals surface area contributed by atoms with E-state index in [0.29, 0.717) is 10.8 Å². The van der Waals surface area contributed by atoms with Crippen molar-refractivity contribution in [2.45, 2.75) is 18.9 Å². The van der Waals surface area contributed by atoms with Crippen molar-refractivity contribution in [2.75, 3.05) is 26.7 Å². The molecule has 0 spiro atoms. The van der Waals surface area contributed by atoms with Crippen LogP contribution in [0.25, 0.3) is 0 Å². The van der Waals surface area contributed by atoms with Gasteiger partial charge in [0.25, 0.3) is 5.91 Å². The zero-order valence-corrected chi connectivity index (χ0v) is 11.8. The zero-order chi connectivity index (χ0) is 13.7. The second kappa shape index (κ2) is 6.78. The number of ether oxygens (including phenoxy) is 1. The van der Waals surface area contributed by atoms with Crippen LogP contribution in [0.3, 0.4) is 0 Å². The molecular weight excluding hydrogens is 264 g/mol. The van der Waals surface area contributed by atoms with E-state index in [-0.39, 0.29) is 18.6 Å². The van der Waals surface area contributed by atoms with Gasteiger partial charge in [-0.15, -0.1) is 0 Å². The SMILES string of the molecule is CN1CCC(NC(=O)COc2ccccc2Cl)CC1. The summed E-state index contributed by atoms with van der Waals surface area (Å²) in [5.41, 5.74) is 0. The van der Waals surface area contributed by atoms with Gasteiger partial charge in [0.05, 0.1) is 5.02 Å². The van der Waals surface area contributed by atoms with E-state index in [1.807, 2.05) is 12.1 Å². The van der Waals surface area contributed by atoms with Crippen LogP contribution in [0.5, 0.6) is 5.75 Å². The first-order valence-electron chi connectivity index (χ1n) is 6.50. The number of nitrogens with zero attached hydrogens (tertiary/aromatic N) is 1. The zero-order valence-electron chi connectivity index (χ0n) is 11.1. The average Bonchev–Trinajstić information content (AvgIpc) is 2.40. The van der Waals surface area contributed by atoms with Gasteiger partial charge in [-0.05, 0) is 45.1 Å². The molecule has 1 fully saturated rings. The predicted octanol–water partition coefficient (Wildman–Crippen LogP) is 1.93. The summed E-state index contributed by atoms with van der Waals surface area (Å²) in [5.74, 6) is 0.456. The number of para-hydroxylation sites is 1. The van der Waals surface area contributed by atoms with Crippen molar-refractivity contribution < 1.29 is 9.53 Å². The van der Waals surface area contributed by atoms with Gasteiger partial charge in [-0.2, -0.15) is 0 Å². The average molecular weight is 283 g/mol. The monoisotopic (exact) mass is 282 g/mol. The minimum atomic E-state index is -0.0885. The topological polar surface area (TPSA) is 41.6 Å². The molecule has 1 saturated heterocycles. The quantitative estimate of drug-likeness (QED) is 0.917. The van der Waals surface area contributed by atoms with E-state index in [9.17, 15) is 4.79 Å². The van der Waals surface area contributed by atoms with Gasteiger partial charge in [0.1, 0.15) is 5.75 Å². The maximum absolute atomic E-state index is 11.8. The molecule has 104 valence electrons. The molecule has 4 nitrogen and oxygen atoms in total. The summed E-state index contributed by atoms with van der Waals surface area (Å²) in [7, 11) is 2.10. The van der Waals surface area contributed by atoms with Gasteiger partial charge in [-0.3, -0.25) is 4.79 Å². The minimum Gasteiger partial charge on any atom is -0.482 e. The molecule has 2 rings (SSSR count). The summed E-state index contributed by atoms with van der Waals surface area (Å²) in [4.78, 5) is 14.1. The predicted molar refractivity (Wildman–Crippen MR) is 75.6 cm³/mol. The molecule has 1 aliphatic heterocycles. The van der Waals surface area contributed by atoms with Crippen LogP contribution in [0.2, 0.25) is 5.02 Å². The number of carbonyl (C=O) groups excluding carboxylic acids is 1. The second-order valence-electron chi connectivity index (χ2n) is 4.86. The van der Waals surface area contributed by atoms with Crippen molar-refractivity contribution in [1.29, 1.82) is 0 Å². The van der Waals surface area contributed by atoms with Crippen molar-refractivity contribution in [3.63, 3.8) is 0 Å². The number of halogens is 1. The highest BCUT2D eigenvalue weighted by Gasteiger charge is 2.18. The number of hydrogen-bond acceptors (Lipinski definition) is 3. The first kappa shape index (κ1) is 14.2. The largest absolute Gasteiger partial charge is 0.482 e. The number of likely N-dealkylation sites (tertiary alicyclic amines) is 1. The number of benzene rings is 1. The number of nitrogens with one attached hydrogen (secondary N) is 1. The fourth-order valence-corrected chi connectivity index (χ4v) is 2.32. The molecule has 0 atom stereocenters. The first-order chi connectivity index (χ1) is 9.15. The Morgan fingerprint density at radius 1 is 1.42 bits per heavy atom. The summed E-state index contributed by atoms with van der Waals surface area (Å²) in [6.07, 6.45) is 1.99. The third kappa shape index (κ3) is 4.40. The molecule has 1 aliphatic rings. The van der Waals surface area contributed by atoms with Crippen molar-refractivity contribution in [3.05, 3.63) is 29.3 Å². The van der Waals surface area contributed by atoms with E-state index >= 15 is 0 Å². The minimum absolute atomic E-state index is 0.00999. The van der Waals surface area contributed by atoms with E-state index in [1.165, 1.54) is 0 Å². The lowest BCUT2D eigenvalue weighted by molar-refractivity contribution is -0.124. The molecule has 1 aromatic rings. The van der Waals surface area contributed by atoms with Crippen LogP contribution in [-0.2, 0) is 4.79 Å². The molecule has 5 heteroatoms. The van der Waals surface area contributed by atoms with E-state index in [1.54, 1.807) is 12.1 Å². The highest BCUT2D eigenvalue weighted by Crippen LogP contribution is 2.22. The van der Waals surface area contributed by atoms with E-state index in [4.69, 9.17) is 16.3 Å². The molecule has 0 unspecified atom stereocenters. The van der Waals surface area contributed by atoms with E-state index in [2.05, 4.69) is 17.3 Å². The molecule has 0 aliphatic carbocycles. The van der Waals surface area contributed by atoms with Gasteiger partial charge in [0.2, 0.25) is 0 Å². The summed E-state index contributed by atoms with van der Waals surface area (Å²) < 4.78 is 5.41. The molecule has 19 heavy (non-hydrogen) atoms. The van der Waals surface area contributed by atoms with Crippen LogP contribution in [0.4, 0.5) is 0 Å². The summed E-state index contributed by atoms with van der Waals surface area (Å²) in [6.45, 7) is 2.06. The lowest BCUT2D eigenvalue weighted by Gasteiger charge is -2.29. The third-order valence-electron chi connectivity index (χ3n) is 3.28. The molecule has 0 saturated carbocycles. The molecule has 1 aromatic carbocycles. The van der Waals surface area contributed by atoms with Crippen LogP contribution >= 0.6 is 11.6 Å². The van der Waals surface area contributed by atoms with Gasteiger partial charge >= 0.3 is 0 Å². The second-order valence-corrected chi connectivity index (χ2v) is 5.27. The molecule has 1 amide bonds. The fraction of sp³-hybridized carbons (Fsp3) is 0.500. The Balaban J connectivity index is 1.74.